The zero-order valence-electron chi connectivity index (χ0n) is 17.8. The molecule has 1 aromatic heterocycles. The summed E-state index contributed by atoms with van der Waals surface area (Å²) in [5.41, 5.74) is 0.765. The summed E-state index contributed by atoms with van der Waals surface area (Å²) in [4.78, 5) is 41.0. The quantitative estimate of drug-likeness (QED) is 0.608. The van der Waals surface area contributed by atoms with E-state index in [0.717, 1.165) is 11.4 Å². The lowest BCUT2D eigenvalue weighted by molar-refractivity contribution is -0.143. The molecule has 3 fully saturated rings. The molecule has 3 saturated heterocycles. The highest BCUT2D eigenvalue weighted by Gasteiger charge is 2.38. The number of anilines is 1. The molecule has 4 heterocycles. The number of carboxylic acid groups (broad SMARTS) is 1. The molecule has 3 aliphatic rings. The molecule has 2 N–H and O–H groups in total. The van der Waals surface area contributed by atoms with Crippen LogP contribution in [0.3, 0.4) is 0 Å². The molecule has 11 heteroatoms. The fourth-order valence-electron chi connectivity index (χ4n) is 4.75. The Morgan fingerprint density at radius 3 is 2.28 bits per heavy atom. The summed E-state index contributed by atoms with van der Waals surface area (Å²) >= 11 is 0. The molecule has 4 rings (SSSR count). The fraction of sp³-hybridized carbons (Fsp3) is 0.619. The normalized spacial score (nSPS) is 24.4. The van der Waals surface area contributed by atoms with Crippen LogP contribution in [0.4, 0.5) is 5.82 Å². The summed E-state index contributed by atoms with van der Waals surface area (Å²) in [7, 11) is -3.45. The second-order valence-electron chi connectivity index (χ2n) is 8.70. The second kappa shape index (κ2) is 9.14. The van der Waals surface area contributed by atoms with Crippen molar-refractivity contribution in [2.45, 2.75) is 49.7 Å². The molecule has 1 unspecified atom stereocenters. The number of sulfonamides is 1. The van der Waals surface area contributed by atoms with Crippen molar-refractivity contribution >= 4 is 33.6 Å². The second-order valence-corrected chi connectivity index (χ2v) is 10.9. The number of amides is 2. The van der Waals surface area contributed by atoms with E-state index in [1.807, 2.05) is 17.0 Å². The molecule has 0 saturated carbocycles. The van der Waals surface area contributed by atoms with Crippen LogP contribution in [0.15, 0.2) is 18.3 Å². The van der Waals surface area contributed by atoms with Gasteiger partial charge in [0.2, 0.25) is 21.8 Å². The summed E-state index contributed by atoms with van der Waals surface area (Å²) < 4.78 is 27.5. The highest BCUT2D eigenvalue weighted by molar-refractivity contribution is 7.89. The molecular formula is C21H28N4O6S. The maximum atomic E-state index is 13.0. The van der Waals surface area contributed by atoms with Gasteiger partial charge in [-0.3, -0.25) is 19.7 Å². The largest absolute Gasteiger partial charge is 0.481 e. The van der Waals surface area contributed by atoms with Crippen LogP contribution < -0.4 is 10.2 Å². The Hall–Kier alpha value is -2.53. The molecule has 10 nitrogen and oxygen atoms in total. The monoisotopic (exact) mass is 464 g/mol. The van der Waals surface area contributed by atoms with Gasteiger partial charge in [-0.1, -0.05) is 6.07 Å². The smallest absolute Gasteiger partial charge is 0.306 e. The highest BCUT2D eigenvalue weighted by Crippen LogP contribution is 2.29. The van der Waals surface area contributed by atoms with Gasteiger partial charge in [0.25, 0.3) is 0 Å². The van der Waals surface area contributed by atoms with Crippen LogP contribution in [0.25, 0.3) is 0 Å². The van der Waals surface area contributed by atoms with Gasteiger partial charge in [-0.05, 0) is 43.7 Å². The lowest BCUT2D eigenvalue weighted by atomic mass is 9.92. The standard InChI is InChI=1S/C21H28N4O6S/c26-19-4-2-17(20(27)23-19)15-1-3-18(22-13-15)24-9-7-16(8-10-24)32(30,31)25-11-5-14(6-12-25)21(28)29/h1,3,13-14,16-17H,2,4-12H2,(H,28,29)(H,23,26,27). The number of carboxylic acids is 1. The Morgan fingerprint density at radius 2 is 1.72 bits per heavy atom. The van der Waals surface area contributed by atoms with Gasteiger partial charge < -0.3 is 10.0 Å². The van der Waals surface area contributed by atoms with E-state index in [0.29, 0.717) is 51.6 Å². The van der Waals surface area contributed by atoms with Crippen LogP contribution in [-0.4, -0.2) is 72.0 Å². The number of nitrogens with zero attached hydrogens (tertiary/aromatic N) is 3. The zero-order chi connectivity index (χ0) is 22.9. The van der Waals surface area contributed by atoms with Crippen molar-refractivity contribution < 1.29 is 27.9 Å². The number of rotatable bonds is 5. The number of imide groups is 1. The Bertz CT molecular complexity index is 980. The Labute approximate surface area is 187 Å². The summed E-state index contributed by atoms with van der Waals surface area (Å²) in [5.74, 6) is -1.51. The molecule has 174 valence electrons. The molecule has 0 bridgehead atoms. The minimum absolute atomic E-state index is 0.250. The average Bonchev–Trinajstić information content (AvgIpc) is 2.79. The zero-order valence-corrected chi connectivity index (χ0v) is 18.6. The first-order chi connectivity index (χ1) is 15.3. The van der Waals surface area contributed by atoms with Crippen LogP contribution >= 0.6 is 0 Å². The third-order valence-corrected chi connectivity index (χ3v) is 9.16. The fourth-order valence-corrected chi connectivity index (χ4v) is 6.70. The van der Waals surface area contributed by atoms with E-state index >= 15 is 0 Å². The van der Waals surface area contributed by atoms with Gasteiger partial charge in [0.05, 0.1) is 17.1 Å². The molecule has 0 aromatic carbocycles. The Kier molecular flexibility index (Phi) is 6.47. The minimum Gasteiger partial charge on any atom is -0.481 e. The van der Waals surface area contributed by atoms with Crippen molar-refractivity contribution in [3.8, 4) is 0 Å². The van der Waals surface area contributed by atoms with Gasteiger partial charge in [-0.15, -0.1) is 0 Å². The van der Waals surface area contributed by atoms with E-state index in [4.69, 9.17) is 5.11 Å². The van der Waals surface area contributed by atoms with Crippen LogP contribution in [0.1, 0.15) is 50.0 Å². The van der Waals surface area contributed by atoms with Crippen molar-refractivity contribution in [2.75, 3.05) is 31.1 Å². The summed E-state index contributed by atoms with van der Waals surface area (Å²) in [6.45, 7) is 1.65. The van der Waals surface area contributed by atoms with Gasteiger partial charge in [-0.25, -0.2) is 17.7 Å². The van der Waals surface area contributed by atoms with Crippen molar-refractivity contribution in [2.24, 2.45) is 5.92 Å². The molecular weight excluding hydrogens is 436 g/mol. The van der Waals surface area contributed by atoms with Gasteiger partial charge >= 0.3 is 5.97 Å². The maximum absolute atomic E-state index is 13.0. The first-order valence-electron chi connectivity index (χ1n) is 11.0. The van der Waals surface area contributed by atoms with Crippen molar-refractivity contribution in [3.63, 3.8) is 0 Å². The maximum Gasteiger partial charge on any atom is 0.306 e. The lowest BCUT2D eigenvalue weighted by Gasteiger charge is -2.37. The number of hydrogen-bond donors (Lipinski definition) is 2. The summed E-state index contributed by atoms with van der Waals surface area (Å²) in [6.07, 6.45) is 4.13. The molecule has 3 aliphatic heterocycles. The van der Waals surface area contributed by atoms with E-state index < -0.39 is 27.2 Å². The van der Waals surface area contributed by atoms with E-state index in [-0.39, 0.29) is 30.8 Å². The third-order valence-electron chi connectivity index (χ3n) is 6.76. The number of aliphatic carboxylic acids is 1. The highest BCUT2D eigenvalue weighted by atomic mass is 32.2. The van der Waals surface area contributed by atoms with Crippen LogP contribution in [0.5, 0.6) is 0 Å². The van der Waals surface area contributed by atoms with Crippen molar-refractivity contribution in [3.05, 3.63) is 23.9 Å². The predicted octanol–water partition coefficient (Wildman–Crippen LogP) is 0.697. The molecule has 0 spiro atoms. The van der Waals surface area contributed by atoms with E-state index in [9.17, 15) is 22.8 Å². The first kappa shape index (κ1) is 22.7. The topological polar surface area (TPSA) is 137 Å². The van der Waals surface area contributed by atoms with Crippen LogP contribution in [0.2, 0.25) is 0 Å². The molecule has 1 aromatic rings. The number of hydrogen-bond acceptors (Lipinski definition) is 7. The van der Waals surface area contributed by atoms with Gasteiger partial charge in [0.1, 0.15) is 5.82 Å². The lowest BCUT2D eigenvalue weighted by Crippen LogP contribution is -2.48. The molecule has 2 amide bonds. The molecule has 0 radical (unpaired) electrons. The first-order valence-corrected chi connectivity index (χ1v) is 12.5. The number of aromatic nitrogens is 1. The van der Waals surface area contributed by atoms with E-state index in [1.165, 1.54) is 4.31 Å². The van der Waals surface area contributed by atoms with Crippen LogP contribution in [-0.2, 0) is 24.4 Å². The van der Waals surface area contributed by atoms with Gasteiger partial charge in [0, 0.05) is 38.8 Å². The van der Waals surface area contributed by atoms with Crippen molar-refractivity contribution in [1.82, 2.24) is 14.6 Å². The number of carbonyl (C=O) groups excluding carboxylic acids is 2. The SMILES string of the molecule is O=C1CCC(c2ccc(N3CCC(S(=O)(=O)N4CCC(C(=O)O)CC4)CC3)nc2)C(=O)N1. The van der Waals surface area contributed by atoms with E-state index in [1.54, 1.807) is 6.20 Å². The van der Waals surface area contributed by atoms with Crippen LogP contribution in [0, 0.1) is 5.92 Å². The summed E-state index contributed by atoms with van der Waals surface area (Å²) in [5, 5.41) is 11.0. The minimum atomic E-state index is -3.45. The molecule has 0 aliphatic carbocycles. The number of nitrogens with one attached hydrogen (secondary N) is 1. The van der Waals surface area contributed by atoms with Gasteiger partial charge in [-0.2, -0.15) is 0 Å². The third kappa shape index (κ3) is 4.63. The number of piperidine rings is 3. The Morgan fingerprint density at radius 1 is 1.03 bits per heavy atom. The Balaban J connectivity index is 1.33. The van der Waals surface area contributed by atoms with E-state index in [2.05, 4.69) is 10.3 Å². The van der Waals surface area contributed by atoms with Gasteiger partial charge in [0.15, 0.2) is 0 Å². The molecule has 1 atom stereocenters. The number of carbonyl (C=O) groups is 3. The summed E-state index contributed by atoms with van der Waals surface area (Å²) in [6, 6.07) is 3.68. The molecule has 32 heavy (non-hydrogen) atoms. The average molecular weight is 465 g/mol. The number of pyridine rings is 1. The van der Waals surface area contributed by atoms with Crippen molar-refractivity contribution in [1.29, 1.82) is 0 Å². The predicted molar refractivity (Wildman–Crippen MR) is 115 cm³/mol.